The van der Waals surface area contributed by atoms with E-state index in [0.717, 1.165) is 23.2 Å². The summed E-state index contributed by atoms with van der Waals surface area (Å²) >= 11 is 0. The molecule has 2 heteroatoms. The fraction of sp³-hybridized carbons (Fsp3) is 0.588. The minimum Gasteiger partial charge on any atom is -0.293 e. The Hall–Kier alpha value is -1.15. The van der Waals surface area contributed by atoms with E-state index in [9.17, 15) is 4.79 Å². The van der Waals surface area contributed by atoms with Crippen molar-refractivity contribution < 1.29 is 4.79 Å². The molecule has 2 nitrogen and oxygen atoms in total. The predicted molar refractivity (Wildman–Crippen MR) is 79.8 cm³/mol. The number of benzene rings is 1. The maximum atomic E-state index is 12.6. The van der Waals surface area contributed by atoms with Gasteiger partial charge in [0.05, 0.1) is 6.54 Å². The lowest BCUT2D eigenvalue weighted by molar-refractivity contribution is 0.0923. The molecule has 0 aromatic heterocycles. The second kappa shape index (κ2) is 5.46. The van der Waals surface area contributed by atoms with Crippen LogP contribution in [-0.2, 0) is 0 Å². The van der Waals surface area contributed by atoms with Gasteiger partial charge in [0, 0.05) is 18.2 Å². The smallest absolute Gasteiger partial charge is 0.177 e. The Labute approximate surface area is 116 Å². The van der Waals surface area contributed by atoms with Crippen molar-refractivity contribution in [1.82, 2.24) is 4.90 Å². The van der Waals surface area contributed by atoms with Crippen LogP contribution in [-0.4, -0.2) is 29.8 Å². The molecule has 1 fully saturated rings. The molecule has 1 heterocycles. The molecular weight excluding hydrogens is 234 g/mol. The van der Waals surface area contributed by atoms with Gasteiger partial charge >= 0.3 is 0 Å². The van der Waals surface area contributed by atoms with E-state index in [1.165, 1.54) is 12.0 Å². The number of aryl methyl sites for hydroxylation is 3. The number of carbonyl (C=O) groups excluding carboxylic acids is 1. The highest BCUT2D eigenvalue weighted by Crippen LogP contribution is 2.24. The lowest BCUT2D eigenvalue weighted by atomic mass is 9.96. The summed E-state index contributed by atoms with van der Waals surface area (Å²) in [6.45, 7) is 12.3. The van der Waals surface area contributed by atoms with Crippen LogP contribution in [0.25, 0.3) is 0 Å². The Kier molecular flexibility index (Phi) is 4.10. The van der Waals surface area contributed by atoms with Crippen LogP contribution in [0.1, 0.15) is 47.3 Å². The van der Waals surface area contributed by atoms with Gasteiger partial charge in [0.2, 0.25) is 0 Å². The molecule has 1 aromatic rings. The Morgan fingerprint density at radius 2 is 1.79 bits per heavy atom. The van der Waals surface area contributed by atoms with Crippen molar-refractivity contribution in [3.8, 4) is 0 Å². The number of likely N-dealkylation sites (tertiary alicyclic amines) is 1. The van der Waals surface area contributed by atoms with Gasteiger partial charge in [0.1, 0.15) is 0 Å². The van der Waals surface area contributed by atoms with Gasteiger partial charge in [-0.25, -0.2) is 0 Å². The maximum absolute atomic E-state index is 12.6. The van der Waals surface area contributed by atoms with Gasteiger partial charge < -0.3 is 0 Å². The molecule has 1 aromatic carbocycles. The summed E-state index contributed by atoms with van der Waals surface area (Å²) in [5, 5.41) is 0. The third kappa shape index (κ3) is 3.06. The molecule has 0 amide bonds. The fourth-order valence-electron chi connectivity index (χ4n) is 3.49. The molecule has 0 bridgehead atoms. The largest absolute Gasteiger partial charge is 0.293 e. The number of carbonyl (C=O) groups is 1. The van der Waals surface area contributed by atoms with Gasteiger partial charge in [0.25, 0.3) is 0 Å². The standard InChI is InChI=1S/C17H25NO/c1-11-6-13(3)17(14(4)7-11)16(19)10-18-9-12(2)8-15(18)5/h6-7,12,15H,8-10H2,1-5H3. The summed E-state index contributed by atoms with van der Waals surface area (Å²) in [5.41, 5.74) is 4.39. The second-order valence-electron chi connectivity index (χ2n) is 6.32. The van der Waals surface area contributed by atoms with E-state index in [-0.39, 0.29) is 5.78 Å². The van der Waals surface area contributed by atoms with Crippen molar-refractivity contribution in [3.05, 3.63) is 34.4 Å². The average Bonchev–Trinajstić information content (AvgIpc) is 2.55. The van der Waals surface area contributed by atoms with E-state index < -0.39 is 0 Å². The SMILES string of the molecule is Cc1cc(C)c(C(=O)CN2CC(C)CC2C)c(C)c1. The van der Waals surface area contributed by atoms with Crippen LogP contribution < -0.4 is 0 Å². The topological polar surface area (TPSA) is 20.3 Å². The zero-order valence-electron chi connectivity index (χ0n) is 12.8. The second-order valence-corrected chi connectivity index (χ2v) is 6.32. The van der Waals surface area contributed by atoms with Crippen molar-refractivity contribution in [3.63, 3.8) is 0 Å². The molecule has 19 heavy (non-hydrogen) atoms. The first kappa shape index (κ1) is 14.3. The molecule has 0 aliphatic carbocycles. The molecule has 2 unspecified atom stereocenters. The number of rotatable bonds is 3. The minimum absolute atomic E-state index is 0.274. The number of Topliss-reactive ketones (excluding diaryl/α,β-unsaturated/α-hetero) is 1. The third-order valence-electron chi connectivity index (χ3n) is 4.22. The summed E-state index contributed by atoms with van der Waals surface area (Å²) in [5.74, 6) is 0.985. The summed E-state index contributed by atoms with van der Waals surface area (Å²) in [6.07, 6.45) is 1.21. The molecule has 0 radical (unpaired) electrons. The van der Waals surface area contributed by atoms with E-state index in [1.54, 1.807) is 0 Å². The van der Waals surface area contributed by atoms with Crippen LogP contribution in [0.4, 0.5) is 0 Å². The lowest BCUT2D eigenvalue weighted by Gasteiger charge is -2.21. The monoisotopic (exact) mass is 259 g/mol. The molecule has 1 aliphatic heterocycles. The summed E-state index contributed by atoms with van der Waals surface area (Å²) in [7, 11) is 0. The van der Waals surface area contributed by atoms with Gasteiger partial charge in [-0.15, -0.1) is 0 Å². The van der Waals surface area contributed by atoms with Gasteiger partial charge in [-0.1, -0.05) is 24.6 Å². The molecule has 2 rings (SSSR count). The van der Waals surface area contributed by atoms with Crippen LogP contribution in [0.2, 0.25) is 0 Å². The minimum atomic E-state index is 0.274. The van der Waals surface area contributed by atoms with Crippen LogP contribution in [0.5, 0.6) is 0 Å². The summed E-state index contributed by atoms with van der Waals surface area (Å²) in [6, 6.07) is 4.75. The molecule has 0 saturated carbocycles. The van der Waals surface area contributed by atoms with Crippen LogP contribution in [0.3, 0.4) is 0 Å². The van der Waals surface area contributed by atoms with E-state index in [0.29, 0.717) is 18.5 Å². The van der Waals surface area contributed by atoms with E-state index in [4.69, 9.17) is 0 Å². The van der Waals surface area contributed by atoms with E-state index in [2.05, 4.69) is 37.8 Å². The van der Waals surface area contributed by atoms with Crippen molar-refractivity contribution in [2.24, 2.45) is 5.92 Å². The highest BCUT2D eigenvalue weighted by molar-refractivity contribution is 6.00. The highest BCUT2D eigenvalue weighted by atomic mass is 16.1. The molecule has 0 N–H and O–H groups in total. The van der Waals surface area contributed by atoms with E-state index in [1.807, 2.05) is 13.8 Å². The molecule has 2 atom stereocenters. The molecular formula is C17H25NO. The van der Waals surface area contributed by atoms with Crippen LogP contribution >= 0.6 is 0 Å². The highest BCUT2D eigenvalue weighted by Gasteiger charge is 2.28. The van der Waals surface area contributed by atoms with Crippen LogP contribution in [0, 0.1) is 26.7 Å². The third-order valence-corrected chi connectivity index (χ3v) is 4.22. The molecule has 0 spiro atoms. The fourth-order valence-corrected chi connectivity index (χ4v) is 3.49. The van der Waals surface area contributed by atoms with Crippen molar-refractivity contribution >= 4 is 5.78 Å². The number of nitrogens with zero attached hydrogens (tertiary/aromatic N) is 1. The Bertz CT molecular complexity index is 469. The number of ketones is 1. The Morgan fingerprint density at radius 1 is 1.21 bits per heavy atom. The Morgan fingerprint density at radius 3 is 2.26 bits per heavy atom. The van der Waals surface area contributed by atoms with Gasteiger partial charge in [0.15, 0.2) is 5.78 Å². The number of hydrogen-bond donors (Lipinski definition) is 0. The Balaban J connectivity index is 2.17. The van der Waals surface area contributed by atoms with Gasteiger partial charge in [-0.2, -0.15) is 0 Å². The molecule has 104 valence electrons. The normalized spacial score (nSPS) is 23.8. The summed E-state index contributed by atoms with van der Waals surface area (Å²) < 4.78 is 0. The maximum Gasteiger partial charge on any atom is 0.177 e. The first-order chi connectivity index (χ1) is 8.88. The van der Waals surface area contributed by atoms with Crippen LogP contribution in [0.15, 0.2) is 12.1 Å². The zero-order valence-corrected chi connectivity index (χ0v) is 12.8. The molecule has 1 aliphatic rings. The first-order valence-electron chi connectivity index (χ1n) is 7.23. The average molecular weight is 259 g/mol. The summed E-state index contributed by atoms with van der Waals surface area (Å²) in [4.78, 5) is 14.9. The molecule has 1 saturated heterocycles. The van der Waals surface area contributed by atoms with Crippen molar-refractivity contribution in [1.29, 1.82) is 0 Å². The predicted octanol–water partition coefficient (Wildman–Crippen LogP) is 3.52. The van der Waals surface area contributed by atoms with Gasteiger partial charge in [-0.3, -0.25) is 9.69 Å². The van der Waals surface area contributed by atoms with Crippen molar-refractivity contribution in [2.45, 2.75) is 47.1 Å². The quantitative estimate of drug-likeness (QED) is 0.774. The van der Waals surface area contributed by atoms with Crippen molar-refractivity contribution in [2.75, 3.05) is 13.1 Å². The van der Waals surface area contributed by atoms with E-state index >= 15 is 0 Å². The first-order valence-corrected chi connectivity index (χ1v) is 7.23. The number of hydrogen-bond acceptors (Lipinski definition) is 2. The zero-order chi connectivity index (χ0) is 14.2. The lowest BCUT2D eigenvalue weighted by Crippen LogP contribution is -2.33. The van der Waals surface area contributed by atoms with Gasteiger partial charge in [-0.05, 0) is 51.2 Å².